The van der Waals surface area contributed by atoms with Crippen LogP contribution in [0.4, 0.5) is 5.82 Å². The molecule has 4 heteroatoms. The molecule has 1 saturated carbocycles. The number of thioether (sulfide) groups is 1. The lowest BCUT2D eigenvalue weighted by Gasteiger charge is -2.32. The van der Waals surface area contributed by atoms with Crippen LogP contribution in [0.2, 0.25) is 0 Å². The van der Waals surface area contributed by atoms with E-state index in [9.17, 15) is 0 Å². The minimum Gasteiger partial charge on any atom is -0.367 e. The third-order valence-corrected chi connectivity index (χ3v) is 4.02. The summed E-state index contributed by atoms with van der Waals surface area (Å²) in [6.07, 6.45) is 7.55. The van der Waals surface area contributed by atoms with Crippen LogP contribution < -0.4 is 5.32 Å². The number of nitrogens with one attached hydrogen (secondary N) is 1. The number of nitrogens with zero attached hydrogens (tertiary/aromatic N) is 2. The fourth-order valence-electron chi connectivity index (χ4n) is 2.80. The Labute approximate surface area is 108 Å². The van der Waals surface area contributed by atoms with Gasteiger partial charge in [-0.3, -0.25) is 0 Å². The average Bonchev–Trinajstić information content (AvgIpc) is 2.28. The molecule has 0 radical (unpaired) electrons. The minimum atomic E-state index is 0.568. The van der Waals surface area contributed by atoms with Crippen molar-refractivity contribution in [2.24, 2.45) is 11.8 Å². The summed E-state index contributed by atoms with van der Waals surface area (Å²) in [4.78, 5) is 8.49. The predicted molar refractivity (Wildman–Crippen MR) is 73.4 cm³/mol. The molecule has 0 amide bonds. The van der Waals surface area contributed by atoms with Crippen molar-refractivity contribution in [3.8, 4) is 0 Å². The predicted octanol–water partition coefficient (Wildman–Crippen LogP) is 3.44. The molecule has 0 saturated heterocycles. The van der Waals surface area contributed by atoms with E-state index < -0.39 is 0 Å². The summed E-state index contributed by atoms with van der Waals surface area (Å²) >= 11 is 1.65. The first-order valence-corrected chi connectivity index (χ1v) is 7.52. The van der Waals surface area contributed by atoms with Gasteiger partial charge in [-0.05, 0) is 37.4 Å². The Balaban J connectivity index is 1.99. The van der Waals surface area contributed by atoms with Gasteiger partial charge in [-0.15, -0.1) is 11.8 Å². The Morgan fingerprint density at radius 1 is 1.18 bits per heavy atom. The SMILES string of the molecule is CSc1cc(NC2CC(C)CC(C)C2)ncn1. The molecule has 94 valence electrons. The number of anilines is 1. The number of hydrogen-bond donors (Lipinski definition) is 1. The zero-order chi connectivity index (χ0) is 12.3. The zero-order valence-corrected chi connectivity index (χ0v) is 11.6. The molecular weight excluding hydrogens is 230 g/mol. The van der Waals surface area contributed by atoms with E-state index in [4.69, 9.17) is 0 Å². The Hall–Kier alpha value is -0.770. The van der Waals surface area contributed by atoms with Gasteiger partial charge in [0.05, 0.1) is 0 Å². The number of rotatable bonds is 3. The molecule has 0 spiro atoms. The Morgan fingerprint density at radius 2 is 1.88 bits per heavy atom. The molecule has 2 atom stereocenters. The van der Waals surface area contributed by atoms with Crippen molar-refractivity contribution < 1.29 is 0 Å². The molecule has 1 aliphatic rings. The molecular formula is C13H21N3S. The molecule has 1 aromatic heterocycles. The van der Waals surface area contributed by atoms with Gasteiger partial charge in [0, 0.05) is 12.1 Å². The first-order chi connectivity index (χ1) is 8.17. The second-order valence-electron chi connectivity index (χ2n) is 5.20. The van der Waals surface area contributed by atoms with Crippen molar-refractivity contribution in [1.82, 2.24) is 9.97 Å². The fourth-order valence-corrected chi connectivity index (χ4v) is 3.19. The minimum absolute atomic E-state index is 0.568. The lowest BCUT2D eigenvalue weighted by molar-refractivity contribution is 0.280. The standard InChI is InChI=1S/C13H21N3S/c1-9-4-10(2)6-11(5-9)16-12-7-13(17-3)15-8-14-12/h7-11H,4-6H2,1-3H3,(H,14,15,16). The van der Waals surface area contributed by atoms with E-state index in [2.05, 4.69) is 29.1 Å². The Morgan fingerprint density at radius 3 is 2.53 bits per heavy atom. The third-order valence-electron chi connectivity index (χ3n) is 3.38. The monoisotopic (exact) mass is 251 g/mol. The molecule has 1 aliphatic carbocycles. The van der Waals surface area contributed by atoms with Gasteiger partial charge in [-0.25, -0.2) is 9.97 Å². The van der Waals surface area contributed by atoms with Crippen LogP contribution in [-0.2, 0) is 0 Å². The topological polar surface area (TPSA) is 37.8 Å². The molecule has 2 rings (SSSR count). The smallest absolute Gasteiger partial charge is 0.130 e. The van der Waals surface area contributed by atoms with Crippen molar-refractivity contribution in [3.05, 3.63) is 12.4 Å². The van der Waals surface area contributed by atoms with Gasteiger partial charge in [-0.1, -0.05) is 13.8 Å². The molecule has 3 nitrogen and oxygen atoms in total. The first-order valence-electron chi connectivity index (χ1n) is 6.30. The summed E-state index contributed by atoms with van der Waals surface area (Å²) in [5.41, 5.74) is 0. The molecule has 0 aromatic carbocycles. The number of hydrogen-bond acceptors (Lipinski definition) is 4. The van der Waals surface area contributed by atoms with E-state index in [0.717, 1.165) is 22.7 Å². The van der Waals surface area contributed by atoms with Crippen molar-refractivity contribution in [2.45, 2.75) is 44.2 Å². The van der Waals surface area contributed by atoms with E-state index >= 15 is 0 Å². The van der Waals surface area contributed by atoms with Crippen molar-refractivity contribution in [3.63, 3.8) is 0 Å². The van der Waals surface area contributed by atoms with Crippen LogP contribution in [-0.4, -0.2) is 22.3 Å². The molecule has 1 fully saturated rings. The summed E-state index contributed by atoms with van der Waals surface area (Å²) in [5, 5.41) is 4.58. The molecule has 1 N–H and O–H groups in total. The van der Waals surface area contributed by atoms with Gasteiger partial charge in [0.1, 0.15) is 17.2 Å². The Kier molecular flexibility index (Phi) is 4.26. The second-order valence-corrected chi connectivity index (χ2v) is 6.03. The van der Waals surface area contributed by atoms with Crippen molar-refractivity contribution >= 4 is 17.6 Å². The van der Waals surface area contributed by atoms with Gasteiger partial charge in [0.2, 0.25) is 0 Å². The van der Waals surface area contributed by atoms with Crippen LogP contribution in [0.1, 0.15) is 33.1 Å². The van der Waals surface area contributed by atoms with E-state index in [0.29, 0.717) is 6.04 Å². The molecule has 1 heterocycles. The highest BCUT2D eigenvalue weighted by molar-refractivity contribution is 7.98. The van der Waals surface area contributed by atoms with Gasteiger partial charge in [0.25, 0.3) is 0 Å². The highest BCUT2D eigenvalue weighted by Gasteiger charge is 2.23. The molecule has 1 aromatic rings. The highest BCUT2D eigenvalue weighted by atomic mass is 32.2. The summed E-state index contributed by atoms with van der Waals surface area (Å²) in [7, 11) is 0. The quantitative estimate of drug-likeness (QED) is 0.659. The summed E-state index contributed by atoms with van der Waals surface area (Å²) in [6, 6.07) is 2.60. The van der Waals surface area contributed by atoms with Crippen LogP contribution in [0.3, 0.4) is 0 Å². The van der Waals surface area contributed by atoms with Gasteiger partial charge < -0.3 is 5.32 Å². The maximum Gasteiger partial charge on any atom is 0.130 e. The lowest BCUT2D eigenvalue weighted by Crippen LogP contribution is -2.30. The summed E-state index contributed by atoms with van der Waals surface area (Å²) in [5.74, 6) is 2.60. The zero-order valence-electron chi connectivity index (χ0n) is 10.8. The number of aromatic nitrogens is 2. The van der Waals surface area contributed by atoms with E-state index in [-0.39, 0.29) is 0 Å². The lowest BCUT2D eigenvalue weighted by atomic mass is 9.80. The fraction of sp³-hybridized carbons (Fsp3) is 0.692. The highest BCUT2D eigenvalue weighted by Crippen LogP contribution is 2.30. The van der Waals surface area contributed by atoms with Crippen LogP contribution in [0, 0.1) is 11.8 Å². The molecule has 0 bridgehead atoms. The van der Waals surface area contributed by atoms with E-state index in [1.54, 1.807) is 18.1 Å². The molecule has 2 unspecified atom stereocenters. The Bertz CT molecular complexity index is 359. The van der Waals surface area contributed by atoms with Crippen LogP contribution >= 0.6 is 11.8 Å². The van der Waals surface area contributed by atoms with Gasteiger partial charge in [-0.2, -0.15) is 0 Å². The second kappa shape index (κ2) is 5.71. The first kappa shape index (κ1) is 12.7. The maximum absolute atomic E-state index is 4.30. The van der Waals surface area contributed by atoms with E-state index in [1.807, 2.05) is 12.3 Å². The van der Waals surface area contributed by atoms with Crippen molar-refractivity contribution in [1.29, 1.82) is 0 Å². The van der Waals surface area contributed by atoms with Crippen LogP contribution in [0.5, 0.6) is 0 Å². The van der Waals surface area contributed by atoms with Gasteiger partial charge in [0.15, 0.2) is 0 Å². The maximum atomic E-state index is 4.30. The normalized spacial score (nSPS) is 29.0. The van der Waals surface area contributed by atoms with Crippen molar-refractivity contribution in [2.75, 3.05) is 11.6 Å². The van der Waals surface area contributed by atoms with Crippen LogP contribution in [0.25, 0.3) is 0 Å². The molecule has 17 heavy (non-hydrogen) atoms. The van der Waals surface area contributed by atoms with Crippen LogP contribution in [0.15, 0.2) is 17.4 Å². The third kappa shape index (κ3) is 3.60. The van der Waals surface area contributed by atoms with Gasteiger partial charge >= 0.3 is 0 Å². The molecule has 0 aliphatic heterocycles. The largest absolute Gasteiger partial charge is 0.367 e. The average molecular weight is 251 g/mol. The van der Waals surface area contributed by atoms with E-state index in [1.165, 1.54) is 19.3 Å². The summed E-state index contributed by atoms with van der Waals surface area (Å²) < 4.78 is 0. The summed E-state index contributed by atoms with van der Waals surface area (Å²) in [6.45, 7) is 4.69.